The summed E-state index contributed by atoms with van der Waals surface area (Å²) >= 11 is 0. The van der Waals surface area contributed by atoms with Crippen LogP contribution in [-0.4, -0.2) is 59.7 Å². The second-order valence-electron chi connectivity index (χ2n) is 7.18. The number of rotatable bonds is 8. The molecule has 0 spiro atoms. The Morgan fingerprint density at radius 2 is 2.17 bits per heavy atom. The van der Waals surface area contributed by atoms with Gasteiger partial charge in [0.25, 0.3) is 5.56 Å². The maximum atomic E-state index is 12.2. The molecule has 0 radical (unpaired) electrons. The van der Waals surface area contributed by atoms with Gasteiger partial charge in [-0.2, -0.15) is 0 Å². The summed E-state index contributed by atoms with van der Waals surface area (Å²) in [6, 6.07) is 5.66. The summed E-state index contributed by atoms with van der Waals surface area (Å²) in [6.45, 7) is 5.43. The van der Waals surface area contributed by atoms with E-state index in [4.69, 9.17) is 4.74 Å². The molecule has 3 rings (SSSR count). The van der Waals surface area contributed by atoms with Crippen LogP contribution in [0.25, 0.3) is 11.1 Å². The Balaban J connectivity index is 1.58. The number of carbonyl (C=O) groups is 1. The molecule has 0 aromatic carbocycles. The highest BCUT2D eigenvalue weighted by atomic mass is 16.5. The van der Waals surface area contributed by atoms with Gasteiger partial charge in [-0.1, -0.05) is 6.08 Å². The maximum absolute atomic E-state index is 12.2. The fourth-order valence-corrected chi connectivity index (χ4v) is 2.98. The monoisotopic (exact) mass is 397 g/mol. The van der Waals surface area contributed by atoms with Crippen LogP contribution in [-0.2, 0) is 9.53 Å². The first-order valence-electron chi connectivity index (χ1n) is 9.66. The van der Waals surface area contributed by atoms with Gasteiger partial charge in [-0.05, 0) is 37.6 Å². The third kappa shape index (κ3) is 5.45. The average molecular weight is 397 g/mol. The number of H-pyrrole nitrogens is 1. The molecule has 1 aliphatic rings. The molecule has 0 bridgehead atoms. The van der Waals surface area contributed by atoms with Crippen LogP contribution in [0, 0.1) is 0 Å². The normalized spacial score (nSPS) is 14.3. The molecule has 3 heterocycles. The van der Waals surface area contributed by atoms with Gasteiger partial charge in [-0.15, -0.1) is 0 Å². The Morgan fingerprint density at radius 3 is 2.90 bits per heavy atom. The van der Waals surface area contributed by atoms with Crippen molar-refractivity contribution >= 4 is 17.4 Å². The number of aromatic nitrogens is 2. The van der Waals surface area contributed by atoms with E-state index in [0.29, 0.717) is 25.4 Å². The lowest BCUT2D eigenvalue weighted by Gasteiger charge is -2.39. The second kappa shape index (κ2) is 9.38. The van der Waals surface area contributed by atoms with Gasteiger partial charge < -0.3 is 25.3 Å². The van der Waals surface area contributed by atoms with Crippen LogP contribution < -0.4 is 16.2 Å². The number of hydrogen-bond acceptors (Lipinski definition) is 6. The summed E-state index contributed by atoms with van der Waals surface area (Å²) in [4.78, 5) is 33.0. The van der Waals surface area contributed by atoms with Crippen LogP contribution in [0.1, 0.15) is 13.8 Å². The van der Waals surface area contributed by atoms with Crippen molar-refractivity contribution in [1.82, 2.24) is 14.9 Å². The molecule has 0 unspecified atom stereocenters. The van der Waals surface area contributed by atoms with Gasteiger partial charge in [0.1, 0.15) is 11.5 Å². The molecule has 1 amide bonds. The van der Waals surface area contributed by atoms with Crippen LogP contribution in [0.15, 0.2) is 47.5 Å². The molecule has 8 nitrogen and oxygen atoms in total. The standard InChI is InChI=1S/C21H27N5O3/c1-14(2)29-8-4-5-20(27)26-12-17(13-26)25-18-9-16(11-24-21(18)28)15-6-7-23-19(10-15)22-3/h4-7,9-11,14,17,25H,8,12-13H2,1-3H3,(H,22,23)(H,24,28). The first kappa shape index (κ1) is 20.6. The van der Waals surface area contributed by atoms with E-state index in [9.17, 15) is 9.59 Å². The van der Waals surface area contributed by atoms with Crippen molar-refractivity contribution in [2.75, 3.05) is 37.4 Å². The summed E-state index contributed by atoms with van der Waals surface area (Å²) in [5.41, 5.74) is 2.13. The van der Waals surface area contributed by atoms with E-state index in [1.165, 1.54) is 6.08 Å². The number of anilines is 2. The molecule has 1 fully saturated rings. The first-order valence-corrected chi connectivity index (χ1v) is 9.66. The van der Waals surface area contributed by atoms with Crippen molar-refractivity contribution in [3.05, 3.63) is 53.1 Å². The summed E-state index contributed by atoms with van der Waals surface area (Å²) < 4.78 is 5.38. The lowest BCUT2D eigenvalue weighted by molar-refractivity contribution is -0.129. The minimum absolute atomic E-state index is 0.0425. The van der Waals surface area contributed by atoms with Crippen LogP contribution in [0.2, 0.25) is 0 Å². The lowest BCUT2D eigenvalue weighted by Crippen LogP contribution is -2.57. The van der Waals surface area contributed by atoms with Gasteiger partial charge in [0.05, 0.1) is 18.8 Å². The highest BCUT2D eigenvalue weighted by molar-refractivity contribution is 5.88. The van der Waals surface area contributed by atoms with Gasteiger partial charge >= 0.3 is 0 Å². The zero-order chi connectivity index (χ0) is 20.8. The number of nitrogens with zero attached hydrogens (tertiary/aromatic N) is 2. The SMILES string of the molecule is CNc1cc(-c2c[nH]c(=O)c(NC3CN(C(=O)C=CCOC(C)C)C3)c2)ccn1. The number of aromatic amines is 1. The summed E-state index contributed by atoms with van der Waals surface area (Å²) in [5.74, 6) is 0.706. The number of pyridine rings is 2. The molecule has 2 aromatic heterocycles. The van der Waals surface area contributed by atoms with Crippen LogP contribution in [0.4, 0.5) is 11.5 Å². The van der Waals surface area contributed by atoms with E-state index in [0.717, 1.165) is 16.9 Å². The Morgan fingerprint density at radius 1 is 1.38 bits per heavy atom. The first-order chi connectivity index (χ1) is 14.0. The van der Waals surface area contributed by atoms with Crippen molar-refractivity contribution in [3.8, 4) is 11.1 Å². The Bertz CT molecular complexity index is 932. The van der Waals surface area contributed by atoms with Crippen molar-refractivity contribution in [1.29, 1.82) is 0 Å². The van der Waals surface area contributed by atoms with Gasteiger partial charge in [0.2, 0.25) is 5.91 Å². The molecule has 0 saturated carbocycles. The van der Waals surface area contributed by atoms with Gasteiger partial charge in [-0.3, -0.25) is 9.59 Å². The van der Waals surface area contributed by atoms with Crippen molar-refractivity contribution in [2.45, 2.75) is 26.0 Å². The van der Waals surface area contributed by atoms with Crippen molar-refractivity contribution in [3.63, 3.8) is 0 Å². The molecule has 29 heavy (non-hydrogen) atoms. The molecule has 0 atom stereocenters. The summed E-state index contributed by atoms with van der Waals surface area (Å²) in [5, 5.41) is 6.24. The van der Waals surface area contributed by atoms with E-state index in [2.05, 4.69) is 20.6 Å². The predicted octanol–water partition coefficient (Wildman–Crippen LogP) is 2.08. The largest absolute Gasteiger partial charge is 0.375 e. The third-order valence-electron chi connectivity index (χ3n) is 4.59. The quantitative estimate of drug-likeness (QED) is 0.590. The third-order valence-corrected chi connectivity index (χ3v) is 4.59. The number of hydrogen-bond donors (Lipinski definition) is 3. The fraction of sp³-hybridized carbons (Fsp3) is 0.381. The van der Waals surface area contributed by atoms with E-state index >= 15 is 0 Å². The molecule has 154 valence electrons. The van der Waals surface area contributed by atoms with E-state index < -0.39 is 0 Å². The number of ether oxygens (including phenoxy) is 1. The fourth-order valence-electron chi connectivity index (χ4n) is 2.98. The zero-order valence-corrected chi connectivity index (χ0v) is 16.9. The van der Waals surface area contributed by atoms with E-state index in [1.54, 1.807) is 23.4 Å². The maximum Gasteiger partial charge on any atom is 0.271 e. The molecule has 2 aromatic rings. The molecule has 0 aliphatic carbocycles. The summed E-state index contributed by atoms with van der Waals surface area (Å²) in [6.07, 6.45) is 6.80. The molecule has 1 aliphatic heterocycles. The predicted molar refractivity (Wildman–Crippen MR) is 114 cm³/mol. The molecular formula is C21H27N5O3. The Hall–Kier alpha value is -3.13. The second-order valence-corrected chi connectivity index (χ2v) is 7.18. The molecule has 3 N–H and O–H groups in total. The van der Waals surface area contributed by atoms with Gasteiger partial charge in [0, 0.05) is 44.2 Å². The van der Waals surface area contributed by atoms with Crippen LogP contribution >= 0.6 is 0 Å². The molecule has 8 heteroatoms. The highest BCUT2D eigenvalue weighted by Gasteiger charge is 2.29. The van der Waals surface area contributed by atoms with Gasteiger partial charge in [-0.25, -0.2) is 4.98 Å². The topological polar surface area (TPSA) is 99.4 Å². The van der Waals surface area contributed by atoms with E-state index in [1.807, 2.05) is 39.1 Å². The molecule has 1 saturated heterocycles. The number of carbonyl (C=O) groups excluding carboxylic acids is 1. The number of likely N-dealkylation sites (tertiary alicyclic amines) is 1. The van der Waals surface area contributed by atoms with Crippen molar-refractivity contribution in [2.24, 2.45) is 0 Å². The highest BCUT2D eigenvalue weighted by Crippen LogP contribution is 2.22. The lowest BCUT2D eigenvalue weighted by atomic mass is 10.1. The molecular weight excluding hydrogens is 370 g/mol. The van der Waals surface area contributed by atoms with Crippen LogP contribution in [0.3, 0.4) is 0 Å². The number of amides is 1. The number of nitrogens with one attached hydrogen (secondary N) is 3. The summed E-state index contributed by atoms with van der Waals surface area (Å²) in [7, 11) is 1.81. The van der Waals surface area contributed by atoms with E-state index in [-0.39, 0.29) is 23.6 Å². The minimum atomic E-state index is -0.188. The minimum Gasteiger partial charge on any atom is -0.375 e. The smallest absolute Gasteiger partial charge is 0.271 e. The Kier molecular flexibility index (Phi) is 6.66. The van der Waals surface area contributed by atoms with Crippen LogP contribution in [0.5, 0.6) is 0 Å². The Labute approximate surface area is 170 Å². The van der Waals surface area contributed by atoms with Gasteiger partial charge in [0.15, 0.2) is 0 Å². The zero-order valence-electron chi connectivity index (χ0n) is 16.9. The van der Waals surface area contributed by atoms with Crippen molar-refractivity contribution < 1.29 is 9.53 Å². The average Bonchev–Trinajstić information content (AvgIpc) is 2.68.